The van der Waals surface area contributed by atoms with Crippen molar-refractivity contribution in [1.82, 2.24) is 9.55 Å². The molecule has 0 aliphatic carbocycles. The van der Waals surface area contributed by atoms with Gasteiger partial charge in [0.1, 0.15) is 0 Å². The monoisotopic (exact) mass is 349 g/mol. The predicted octanol–water partition coefficient (Wildman–Crippen LogP) is 3.52. The first-order valence-corrected chi connectivity index (χ1v) is 6.74. The van der Waals surface area contributed by atoms with Gasteiger partial charge >= 0.3 is 0 Å². The highest BCUT2D eigenvalue weighted by Gasteiger charge is 2.11. The van der Waals surface area contributed by atoms with Crippen molar-refractivity contribution >= 4 is 39.6 Å². The summed E-state index contributed by atoms with van der Waals surface area (Å²) < 4.78 is 3.19. The Balaban J connectivity index is 2.38. The topological polar surface area (TPSA) is 43.8 Å². The summed E-state index contributed by atoms with van der Waals surface area (Å²) in [6.45, 7) is 2.08. The number of anilines is 1. The SMILES string of the molecule is Cc1cccc2nc(N)n(-c3cccc(I)c3)c12. The highest BCUT2D eigenvalue weighted by molar-refractivity contribution is 14.1. The van der Waals surface area contributed by atoms with Crippen molar-refractivity contribution in [2.75, 3.05) is 5.73 Å². The van der Waals surface area contributed by atoms with Crippen LogP contribution in [0.4, 0.5) is 5.95 Å². The molecule has 1 aromatic heterocycles. The molecular weight excluding hydrogens is 337 g/mol. The van der Waals surface area contributed by atoms with Crippen LogP contribution in [-0.2, 0) is 0 Å². The van der Waals surface area contributed by atoms with Crippen LogP contribution in [0.25, 0.3) is 16.7 Å². The van der Waals surface area contributed by atoms with Crippen molar-refractivity contribution in [3.8, 4) is 5.69 Å². The van der Waals surface area contributed by atoms with Crippen LogP contribution >= 0.6 is 22.6 Å². The molecule has 0 spiro atoms. The van der Waals surface area contributed by atoms with Crippen LogP contribution < -0.4 is 5.73 Å². The van der Waals surface area contributed by atoms with Gasteiger partial charge in [-0.15, -0.1) is 0 Å². The predicted molar refractivity (Wildman–Crippen MR) is 82.9 cm³/mol. The summed E-state index contributed by atoms with van der Waals surface area (Å²) in [7, 11) is 0. The van der Waals surface area contributed by atoms with Gasteiger partial charge in [0.05, 0.1) is 16.7 Å². The number of imidazole rings is 1. The Hall–Kier alpha value is -1.56. The molecule has 18 heavy (non-hydrogen) atoms. The van der Waals surface area contributed by atoms with E-state index in [1.165, 1.54) is 9.13 Å². The van der Waals surface area contributed by atoms with Gasteiger partial charge in [0.15, 0.2) is 0 Å². The van der Waals surface area contributed by atoms with Crippen molar-refractivity contribution in [1.29, 1.82) is 0 Å². The van der Waals surface area contributed by atoms with E-state index in [0.29, 0.717) is 5.95 Å². The number of hydrogen-bond acceptors (Lipinski definition) is 2. The van der Waals surface area contributed by atoms with E-state index in [4.69, 9.17) is 5.73 Å². The average Bonchev–Trinajstić information content (AvgIpc) is 2.67. The molecular formula is C14H12IN3. The molecule has 0 unspecified atom stereocenters. The van der Waals surface area contributed by atoms with Crippen molar-refractivity contribution in [3.63, 3.8) is 0 Å². The zero-order valence-corrected chi connectivity index (χ0v) is 12.0. The second-order valence-electron chi connectivity index (χ2n) is 4.23. The van der Waals surface area contributed by atoms with Gasteiger partial charge in [-0.05, 0) is 59.3 Å². The van der Waals surface area contributed by atoms with E-state index in [1.54, 1.807) is 0 Å². The lowest BCUT2D eigenvalue weighted by Gasteiger charge is -2.08. The van der Waals surface area contributed by atoms with Gasteiger partial charge in [0.2, 0.25) is 5.95 Å². The lowest BCUT2D eigenvalue weighted by molar-refractivity contribution is 1.10. The first-order valence-electron chi connectivity index (χ1n) is 5.66. The van der Waals surface area contributed by atoms with Crippen molar-refractivity contribution in [2.24, 2.45) is 0 Å². The molecule has 0 saturated heterocycles. The van der Waals surface area contributed by atoms with Crippen molar-refractivity contribution in [3.05, 3.63) is 51.6 Å². The first kappa shape index (κ1) is 11.5. The minimum atomic E-state index is 0.529. The number of nitrogens with two attached hydrogens (primary N) is 1. The highest BCUT2D eigenvalue weighted by atomic mass is 127. The Morgan fingerprint density at radius 2 is 1.94 bits per heavy atom. The van der Waals surface area contributed by atoms with Crippen LogP contribution in [0.1, 0.15) is 5.56 Å². The lowest BCUT2D eigenvalue weighted by Crippen LogP contribution is -2.01. The van der Waals surface area contributed by atoms with Crippen molar-refractivity contribution < 1.29 is 0 Å². The quantitative estimate of drug-likeness (QED) is 0.683. The molecule has 0 amide bonds. The molecule has 0 bridgehead atoms. The van der Waals surface area contributed by atoms with E-state index in [2.05, 4.69) is 52.7 Å². The van der Waals surface area contributed by atoms with Crippen LogP contribution in [-0.4, -0.2) is 9.55 Å². The minimum Gasteiger partial charge on any atom is -0.369 e. The number of rotatable bonds is 1. The Labute approximate surface area is 119 Å². The molecule has 0 atom stereocenters. The first-order chi connectivity index (χ1) is 8.66. The number of hydrogen-bond donors (Lipinski definition) is 1. The zero-order valence-electron chi connectivity index (χ0n) is 9.89. The molecule has 2 aromatic carbocycles. The Kier molecular flexibility index (Phi) is 2.74. The number of aryl methyl sites for hydroxylation is 1. The molecule has 2 N–H and O–H groups in total. The summed E-state index contributed by atoms with van der Waals surface area (Å²) >= 11 is 2.30. The van der Waals surface area contributed by atoms with Gasteiger partial charge in [-0.1, -0.05) is 18.2 Å². The van der Waals surface area contributed by atoms with Gasteiger partial charge in [0, 0.05) is 3.57 Å². The van der Waals surface area contributed by atoms with Gasteiger partial charge in [-0.25, -0.2) is 4.98 Å². The third kappa shape index (κ3) is 1.77. The fourth-order valence-corrected chi connectivity index (χ4v) is 2.72. The molecule has 3 aromatic rings. The van der Waals surface area contributed by atoms with Crippen LogP contribution in [0, 0.1) is 10.5 Å². The van der Waals surface area contributed by atoms with E-state index in [9.17, 15) is 0 Å². The molecule has 3 nitrogen and oxygen atoms in total. The van der Waals surface area contributed by atoms with E-state index >= 15 is 0 Å². The maximum atomic E-state index is 6.05. The number of halogens is 1. The van der Waals surface area contributed by atoms with Gasteiger partial charge in [-0.2, -0.15) is 0 Å². The fraction of sp³-hybridized carbons (Fsp3) is 0.0714. The highest BCUT2D eigenvalue weighted by Crippen LogP contribution is 2.26. The van der Waals surface area contributed by atoms with Crippen LogP contribution in [0.2, 0.25) is 0 Å². The number of para-hydroxylation sites is 1. The summed E-state index contributed by atoms with van der Waals surface area (Å²) in [5.41, 5.74) is 10.3. The van der Waals surface area contributed by atoms with Gasteiger partial charge in [-0.3, -0.25) is 4.57 Å². The van der Waals surface area contributed by atoms with Crippen LogP contribution in [0.15, 0.2) is 42.5 Å². The zero-order chi connectivity index (χ0) is 12.7. The number of nitrogens with zero attached hydrogens (tertiary/aromatic N) is 2. The van der Waals surface area contributed by atoms with Crippen LogP contribution in [0.5, 0.6) is 0 Å². The molecule has 90 valence electrons. The smallest absolute Gasteiger partial charge is 0.205 e. The van der Waals surface area contributed by atoms with Gasteiger partial charge in [0.25, 0.3) is 0 Å². The van der Waals surface area contributed by atoms with E-state index in [1.807, 2.05) is 28.8 Å². The number of nitrogen functional groups attached to an aromatic ring is 1. The molecule has 0 aliphatic heterocycles. The molecule has 1 heterocycles. The minimum absolute atomic E-state index is 0.529. The third-order valence-corrected chi connectivity index (χ3v) is 3.64. The molecule has 0 aliphatic rings. The standard InChI is InChI=1S/C14H12IN3/c1-9-4-2-7-12-13(9)18(14(16)17-12)11-6-3-5-10(15)8-11/h2-8H,1H3,(H2,16,17). The summed E-state index contributed by atoms with van der Waals surface area (Å²) in [5.74, 6) is 0.529. The lowest BCUT2D eigenvalue weighted by atomic mass is 10.2. The molecule has 4 heteroatoms. The molecule has 3 rings (SSSR count). The molecule has 0 saturated carbocycles. The summed E-state index contributed by atoms with van der Waals surface area (Å²) in [5, 5.41) is 0. The van der Waals surface area contributed by atoms with E-state index in [0.717, 1.165) is 16.7 Å². The summed E-state index contributed by atoms with van der Waals surface area (Å²) in [6, 6.07) is 14.3. The maximum Gasteiger partial charge on any atom is 0.205 e. The molecule has 0 fully saturated rings. The van der Waals surface area contributed by atoms with E-state index in [-0.39, 0.29) is 0 Å². The molecule has 0 radical (unpaired) electrons. The second-order valence-corrected chi connectivity index (χ2v) is 5.47. The Morgan fingerprint density at radius 3 is 2.72 bits per heavy atom. The number of benzene rings is 2. The number of aromatic nitrogens is 2. The maximum absolute atomic E-state index is 6.05. The Morgan fingerprint density at radius 1 is 1.17 bits per heavy atom. The second kappa shape index (κ2) is 4.28. The van der Waals surface area contributed by atoms with Crippen molar-refractivity contribution in [2.45, 2.75) is 6.92 Å². The largest absolute Gasteiger partial charge is 0.369 e. The Bertz CT molecular complexity index is 731. The van der Waals surface area contributed by atoms with E-state index < -0.39 is 0 Å². The normalized spacial score (nSPS) is 11.0. The van der Waals surface area contributed by atoms with Gasteiger partial charge < -0.3 is 5.73 Å². The average molecular weight is 349 g/mol. The summed E-state index contributed by atoms with van der Waals surface area (Å²) in [6.07, 6.45) is 0. The third-order valence-electron chi connectivity index (χ3n) is 2.97. The fourth-order valence-electron chi connectivity index (χ4n) is 2.19. The summed E-state index contributed by atoms with van der Waals surface area (Å²) in [4.78, 5) is 4.42. The number of fused-ring (bicyclic) bond motifs is 1. The van der Waals surface area contributed by atoms with Crippen LogP contribution in [0.3, 0.4) is 0 Å².